The van der Waals surface area contributed by atoms with Crippen molar-refractivity contribution in [3.05, 3.63) is 83.9 Å². The summed E-state index contributed by atoms with van der Waals surface area (Å²) in [5.74, 6) is -0.549. The lowest BCUT2D eigenvalue weighted by Gasteiger charge is -2.42. The molecule has 1 fully saturated rings. The van der Waals surface area contributed by atoms with Crippen LogP contribution in [0.2, 0.25) is 0 Å². The fraction of sp³-hybridized carbons (Fsp3) is 0.393. The number of nitrogens with one attached hydrogen (secondary N) is 2. The Kier molecular flexibility index (Phi) is 9.02. The maximum Gasteiger partial charge on any atom is 0.246 e. The number of carbonyl (C=O) groups excluding carboxylic acids is 1. The van der Waals surface area contributed by atoms with Crippen LogP contribution in [0.25, 0.3) is 0 Å². The highest BCUT2D eigenvalue weighted by atomic mass is 16.2. The average molecular weight is 460 g/mol. The SMILES string of the molecule is C=C1/C2=N\NC(=O)C(C)/C=C\C=C/1NC(C1=C/CCC=C/C=C\1)C2C1=CN=CCN1CC.CC. The number of rotatable bonds is 3. The highest BCUT2D eigenvalue weighted by Gasteiger charge is 2.40. The first kappa shape index (κ1) is 25.2. The monoisotopic (exact) mass is 459 g/mol. The zero-order valence-corrected chi connectivity index (χ0v) is 20.8. The minimum absolute atomic E-state index is 0.0657. The Balaban J connectivity index is 0.00000158. The van der Waals surface area contributed by atoms with Gasteiger partial charge in [-0.25, -0.2) is 5.43 Å². The molecular formula is C28H37N5O. The van der Waals surface area contributed by atoms with Crippen LogP contribution in [0.4, 0.5) is 0 Å². The number of hydrazone groups is 1. The molecule has 1 aliphatic carbocycles. The van der Waals surface area contributed by atoms with Gasteiger partial charge < -0.3 is 10.2 Å². The van der Waals surface area contributed by atoms with Crippen LogP contribution in [-0.4, -0.2) is 41.9 Å². The summed E-state index contributed by atoms with van der Waals surface area (Å²) in [5, 5.41) is 8.39. The number of nitrogens with zero attached hydrogens (tertiary/aromatic N) is 3. The molecule has 0 spiro atoms. The molecule has 1 saturated heterocycles. The number of aliphatic imine (C=N–C) groups is 1. The third-order valence-corrected chi connectivity index (χ3v) is 6.22. The first-order chi connectivity index (χ1) is 16.6. The molecule has 0 aromatic carbocycles. The van der Waals surface area contributed by atoms with Crippen LogP contribution in [0.15, 0.2) is 94.0 Å². The van der Waals surface area contributed by atoms with E-state index in [9.17, 15) is 4.79 Å². The lowest BCUT2D eigenvalue weighted by atomic mass is 9.78. The lowest BCUT2D eigenvalue weighted by Crippen LogP contribution is -2.51. The van der Waals surface area contributed by atoms with Gasteiger partial charge in [0.2, 0.25) is 5.91 Å². The molecule has 180 valence electrons. The second-order valence-corrected chi connectivity index (χ2v) is 8.30. The van der Waals surface area contributed by atoms with Crippen LogP contribution in [0.3, 0.4) is 0 Å². The van der Waals surface area contributed by atoms with Crippen LogP contribution >= 0.6 is 0 Å². The van der Waals surface area contributed by atoms with Gasteiger partial charge in [-0.2, -0.15) is 5.10 Å². The van der Waals surface area contributed by atoms with Gasteiger partial charge in [-0.15, -0.1) is 0 Å². The van der Waals surface area contributed by atoms with Crippen molar-refractivity contribution in [1.82, 2.24) is 15.6 Å². The van der Waals surface area contributed by atoms with E-state index in [4.69, 9.17) is 0 Å². The zero-order chi connectivity index (χ0) is 24.5. The van der Waals surface area contributed by atoms with Gasteiger partial charge in [-0.3, -0.25) is 9.79 Å². The molecule has 3 atom stereocenters. The van der Waals surface area contributed by atoms with Crippen molar-refractivity contribution in [1.29, 1.82) is 0 Å². The second kappa shape index (κ2) is 12.2. The summed E-state index contributed by atoms with van der Waals surface area (Å²) in [4.78, 5) is 19.3. The highest BCUT2D eigenvalue weighted by molar-refractivity contribution is 6.08. The van der Waals surface area contributed by atoms with E-state index in [1.165, 1.54) is 5.57 Å². The summed E-state index contributed by atoms with van der Waals surface area (Å²) in [6, 6.07) is -0.0657. The largest absolute Gasteiger partial charge is 0.377 e. The van der Waals surface area contributed by atoms with Gasteiger partial charge in [-0.05, 0) is 31.4 Å². The summed E-state index contributed by atoms with van der Waals surface area (Å²) in [5.41, 5.74) is 7.52. The van der Waals surface area contributed by atoms with Gasteiger partial charge in [-0.1, -0.05) is 69.9 Å². The Morgan fingerprint density at radius 3 is 2.82 bits per heavy atom. The zero-order valence-electron chi connectivity index (χ0n) is 20.8. The molecular weight excluding hydrogens is 422 g/mol. The molecule has 2 N–H and O–H groups in total. The molecule has 4 aliphatic rings. The normalized spacial score (nSPS) is 32.9. The minimum atomic E-state index is -0.272. The van der Waals surface area contributed by atoms with Crippen LogP contribution < -0.4 is 10.7 Å². The number of hydrogen-bond acceptors (Lipinski definition) is 5. The second-order valence-electron chi connectivity index (χ2n) is 8.30. The Labute approximate surface area is 204 Å². The topological polar surface area (TPSA) is 69.1 Å². The number of fused-ring (bicyclic) bond motifs is 2. The quantitative estimate of drug-likeness (QED) is 0.637. The van der Waals surface area contributed by atoms with E-state index >= 15 is 0 Å². The van der Waals surface area contributed by atoms with E-state index < -0.39 is 0 Å². The summed E-state index contributed by atoms with van der Waals surface area (Å²) in [7, 11) is 0. The Morgan fingerprint density at radius 2 is 2.03 bits per heavy atom. The van der Waals surface area contributed by atoms with Gasteiger partial charge >= 0.3 is 0 Å². The molecule has 4 rings (SSSR count). The molecule has 0 aromatic heterocycles. The Bertz CT molecular complexity index is 1020. The smallest absolute Gasteiger partial charge is 0.246 e. The first-order valence-corrected chi connectivity index (χ1v) is 12.3. The van der Waals surface area contributed by atoms with Crippen molar-refractivity contribution in [2.24, 2.45) is 21.9 Å². The van der Waals surface area contributed by atoms with E-state index in [0.717, 1.165) is 48.6 Å². The summed E-state index contributed by atoms with van der Waals surface area (Å²) in [6.45, 7) is 13.9. The van der Waals surface area contributed by atoms with E-state index in [2.05, 4.69) is 69.6 Å². The van der Waals surface area contributed by atoms with E-state index in [0.29, 0.717) is 0 Å². The maximum atomic E-state index is 12.6. The van der Waals surface area contributed by atoms with Crippen molar-refractivity contribution in [2.45, 2.75) is 46.6 Å². The van der Waals surface area contributed by atoms with Crippen molar-refractivity contribution < 1.29 is 4.79 Å². The number of piperidine rings is 1. The number of carbonyl (C=O) groups is 1. The van der Waals surface area contributed by atoms with Crippen LogP contribution in [0.1, 0.15) is 40.5 Å². The van der Waals surface area contributed by atoms with Crippen LogP contribution in [0.5, 0.6) is 0 Å². The fourth-order valence-electron chi connectivity index (χ4n) is 4.35. The lowest BCUT2D eigenvalue weighted by molar-refractivity contribution is -0.123. The molecule has 3 aliphatic heterocycles. The van der Waals surface area contributed by atoms with Gasteiger partial charge in [0.15, 0.2) is 0 Å². The molecule has 0 saturated carbocycles. The fourth-order valence-corrected chi connectivity index (χ4v) is 4.35. The van der Waals surface area contributed by atoms with Gasteiger partial charge in [0, 0.05) is 35.9 Å². The first-order valence-electron chi connectivity index (χ1n) is 12.3. The summed E-state index contributed by atoms with van der Waals surface area (Å²) >= 11 is 0. The molecule has 6 heteroatoms. The summed E-state index contributed by atoms with van der Waals surface area (Å²) < 4.78 is 0. The van der Waals surface area contributed by atoms with Crippen LogP contribution in [-0.2, 0) is 4.79 Å². The highest BCUT2D eigenvalue weighted by Crippen LogP contribution is 2.36. The average Bonchev–Trinajstić information content (AvgIpc) is 2.84. The molecule has 0 radical (unpaired) electrons. The van der Waals surface area contributed by atoms with Crippen molar-refractivity contribution >= 4 is 17.8 Å². The van der Waals surface area contributed by atoms with Crippen LogP contribution in [0, 0.1) is 11.8 Å². The molecule has 6 nitrogen and oxygen atoms in total. The number of amides is 1. The molecule has 0 aromatic rings. The predicted molar refractivity (Wildman–Crippen MR) is 142 cm³/mol. The molecule has 1 amide bonds. The number of hydrogen-bond donors (Lipinski definition) is 2. The van der Waals surface area contributed by atoms with Crippen molar-refractivity contribution in [3.63, 3.8) is 0 Å². The Morgan fingerprint density at radius 1 is 1.21 bits per heavy atom. The maximum absolute atomic E-state index is 12.6. The van der Waals surface area contributed by atoms with Gasteiger partial charge in [0.25, 0.3) is 0 Å². The van der Waals surface area contributed by atoms with Gasteiger partial charge in [0.1, 0.15) is 0 Å². The Hall–Kier alpha value is -3.41. The third-order valence-electron chi connectivity index (χ3n) is 6.22. The van der Waals surface area contributed by atoms with E-state index in [-0.39, 0.29) is 23.8 Å². The molecule has 34 heavy (non-hydrogen) atoms. The minimum Gasteiger partial charge on any atom is -0.377 e. The van der Waals surface area contributed by atoms with Crippen molar-refractivity contribution in [2.75, 3.05) is 13.1 Å². The van der Waals surface area contributed by atoms with E-state index in [1.807, 2.05) is 51.4 Å². The van der Waals surface area contributed by atoms with Gasteiger partial charge in [0.05, 0.1) is 30.1 Å². The summed E-state index contributed by atoms with van der Waals surface area (Å²) in [6.07, 6.45) is 22.4. The third kappa shape index (κ3) is 5.56. The molecule has 3 unspecified atom stereocenters. The van der Waals surface area contributed by atoms with Crippen molar-refractivity contribution in [3.8, 4) is 0 Å². The standard InChI is InChI=1S/C26H31N5O.C2H6/c1-4-31-16-15-27-17-22(31)23-24-19(3)21(14-10-11-18(2)26(32)30-29-24)28-25(23)20-12-8-6-5-7-9-13-20;1-2/h5-6,8,10-15,17-18,23,25,28H,3-4,7,9,16H2,1-2H3,(H,30,32);1-2H3/b6-5?,11-10-,12-8-,20-13+,21-14+,29-24+;. The molecule has 3 heterocycles. The molecule has 2 bridgehead atoms. The van der Waals surface area contributed by atoms with E-state index in [1.54, 1.807) is 0 Å². The predicted octanol–water partition coefficient (Wildman–Crippen LogP) is 4.80. The number of allylic oxidation sites excluding steroid dienone is 7.